The minimum Gasteiger partial charge on any atom is -0.338 e. The summed E-state index contributed by atoms with van der Waals surface area (Å²) < 4.78 is 30.5. The smallest absolute Gasteiger partial charge is 0.264 e. The van der Waals surface area contributed by atoms with Gasteiger partial charge in [0.05, 0.1) is 16.9 Å². The molecule has 1 aromatic heterocycles. The van der Waals surface area contributed by atoms with Gasteiger partial charge in [0.1, 0.15) is 0 Å². The molecule has 0 bridgehead atoms. The number of fused-ring (bicyclic) bond motifs is 1. The fraction of sp³-hybridized carbons (Fsp3) is 0.333. The molecule has 1 fully saturated rings. The quantitative estimate of drug-likeness (QED) is 0.610. The average molecular weight is 451 g/mol. The molecule has 3 aromatic rings. The van der Waals surface area contributed by atoms with Gasteiger partial charge in [-0.15, -0.1) is 0 Å². The highest BCUT2D eigenvalue weighted by molar-refractivity contribution is 7.92. The molecule has 0 unspecified atom stereocenters. The van der Waals surface area contributed by atoms with E-state index in [0.29, 0.717) is 31.2 Å². The van der Waals surface area contributed by atoms with Gasteiger partial charge in [0.25, 0.3) is 15.9 Å². The Bertz CT molecular complexity index is 1220. The second-order valence-electron chi connectivity index (χ2n) is 8.37. The third kappa shape index (κ3) is 3.79. The summed E-state index contributed by atoms with van der Waals surface area (Å²) in [5.41, 5.74) is 2.19. The predicted octanol–water partition coefficient (Wildman–Crippen LogP) is 3.50. The number of carbonyl (C=O) groups excluding carboxylic acids is 1. The molecule has 0 saturated carbocycles. The van der Waals surface area contributed by atoms with Gasteiger partial charge in [0.2, 0.25) is 0 Å². The molecule has 0 N–H and O–H groups in total. The number of aryl methyl sites for hydroxylation is 1. The van der Waals surface area contributed by atoms with Gasteiger partial charge in [-0.05, 0) is 55.5 Å². The van der Waals surface area contributed by atoms with E-state index in [-0.39, 0.29) is 10.8 Å². The number of likely N-dealkylation sites (tertiary alicyclic amines) is 1. The van der Waals surface area contributed by atoms with Crippen LogP contribution in [0.15, 0.2) is 72.1 Å². The average Bonchev–Trinajstić information content (AvgIpc) is 3.38. The standard InChI is InChI=1S/C24H26N4O3S/c29-24(26-14-10-21(11-15-26)27-16-12-25-18-27)20-6-3-8-22(17-20)32(30,31)28-13-4-7-19-5-1-2-9-23(19)28/h1-3,5-6,8-9,12,16-18,21H,4,7,10-11,13-15H2. The molecule has 0 spiro atoms. The summed E-state index contributed by atoms with van der Waals surface area (Å²) in [4.78, 5) is 19.2. The van der Waals surface area contributed by atoms with E-state index >= 15 is 0 Å². The first kappa shape index (κ1) is 20.8. The van der Waals surface area contributed by atoms with Gasteiger partial charge in [0, 0.05) is 43.6 Å². The van der Waals surface area contributed by atoms with Crippen molar-refractivity contribution >= 4 is 21.6 Å². The Morgan fingerprint density at radius 3 is 2.59 bits per heavy atom. The van der Waals surface area contributed by atoms with Gasteiger partial charge >= 0.3 is 0 Å². The molecule has 2 aromatic carbocycles. The minimum atomic E-state index is -3.75. The molecular weight excluding hydrogens is 424 g/mol. The van der Waals surface area contributed by atoms with Crippen LogP contribution in [0.4, 0.5) is 5.69 Å². The van der Waals surface area contributed by atoms with Crippen molar-refractivity contribution in [2.24, 2.45) is 0 Å². The van der Waals surface area contributed by atoms with E-state index in [0.717, 1.165) is 36.9 Å². The Hall–Kier alpha value is -3.13. The molecule has 0 radical (unpaired) electrons. The van der Waals surface area contributed by atoms with Crippen LogP contribution in [-0.4, -0.2) is 48.4 Å². The van der Waals surface area contributed by atoms with E-state index < -0.39 is 10.0 Å². The highest BCUT2D eigenvalue weighted by Crippen LogP contribution is 2.32. The van der Waals surface area contributed by atoms with Crippen LogP contribution in [0.3, 0.4) is 0 Å². The minimum absolute atomic E-state index is 0.120. The number of rotatable bonds is 4. The molecule has 166 valence electrons. The van der Waals surface area contributed by atoms with Crippen LogP contribution in [-0.2, 0) is 16.4 Å². The van der Waals surface area contributed by atoms with Crippen molar-refractivity contribution < 1.29 is 13.2 Å². The largest absolute Gasteiger partial charge is 0.338 e. The lowest BCUT2D eigenvalue weighted by Crippen LogP contribution is -2.39. The molecule has 5 rings (SSSR count). The number of carbonyl (C=O) groups is 1. The number of nitrogens with zero attached hydrogens (tertiary/aromatic N) is 4. The highest BCUT2D eigenvalue weighted by atomic mass is 32.2. The Balaban J connectivity index is 1.35. The topological polar surface area (TPSA) is 75.5 Å². The van der Waals surface area contributed by atoms with Crippen LogP contribution >= 0.6 is 0 Å². The summed E-state index contributed by atoms with van der Waals surface area (Å²) in [6.45, 7) is 1.72. The van der Waals surface area contributed by atoms with Gasteiger partial charge < -0.3 is 9.47 Å². The van der Waals surface area contributed by atoms with Gasteiger partial charge in [0.15, 0.2) is 0 Å². The van der Waals surface area contributed by atoms with E-state index in [2.05, 4.69) is 9.55 Å². The summed E-state index contributed by atoms with van der Waals surface area (Å²) in [5, 5.41) is 0. The maximum Gasteiger partial charge on any atom is 0.264 e. The van der Waals surface area contributed by atoms with Crippen LogP contribution in [0.2, 0.25) is 0 Å². The molecular formula is C24H26N4O3S. The molecule has 3 heterocycles. The van der Waals surface area contributed by atoms with Crippen molar-refractivity contribution in [2.45, 2.75) is 36.6 Å². The van der Waals surface area contributed by atoms with Gasteiger partial charge in [-0.25, -0.2) is 13.4 Å². The third-order valence-corrected chi connectivity index (χ3v) is 8.24. The molecule has 1 saturated heterocycles. The summed E-state index contributed by atoms with van der Waals surface area (Å²) in [7, 11) is -3.75. The SMILES string of the molecule is O=C(c1cccc(S(=O)(=O)N2CCCc3ccccc32)c1)N1CCC(n2ccnc2)CC1. The lowest BCUT2D eigenvalue weighted by atomic mass is 10.0. The second kappa shape index (κ2) is 8.43. The van der Waals surface area contributed by atoms with Crippen molar-refractivity contribution in [3.8, 4) is 0 Å². The zero-order chi connectivity index (χ0) is 22.1. The van der Waals surface area contributed by atoms with Crippen LogP contribution in [0.1, 0.15) is 41.2 Å². The van der Waals surface area contributed by atoms with Crippen molar-refractivity contribution in [1.29, 1.82) is 0 Å². The van der Waals surface area contributed by atoms with Gasteiger partial charge in [-0.1, -0.05) is 24.3 Å². The van der Waals surface area contributed by atoms with Gasteiger partial charge in [-0.2, -0.15) is 0 Å². The number of hydrogen-bond acceptors (Lipinski definition) is 4. The fourth-order valence-electron chi connectivity index (χ4n) is 4.70. The Morgan fingerprint density at radius 2 is 1.81 bits per heavy atom. The first-order valence-electron chi connectivity index (χ1n) is 11.0. The summed E-state index contributed by atoms with van der Waals surface area (Å²) in [5.74, 6) is -0.120. The number of benzene rings is 2. The maximum absolute atomic E-state index is 13.5. The van der Waals surface area contributed by atoms with E-state index in [4.69, 9.17) is 0 Å². The number of sulfonamides is 1. The molecule has 0 atom stereocenters. The van der Waals surface area contributed by atoms with E-state index in [1.54, 1.807) is 24.4 Å². The van der Waals surface area contributed by atoms with Crippen LogP contribution in [0.25, 0.3) is 0 Å². The summed E-state index contributed by atoms with van der Waals surface area (Å²) in [6, 6.07) is 14.4. The Kier molecular flexibility index (Phi) is 5.46. The lowest BCUT2D eigenvalue weighted by Gasteiger charge is -2.33. The van der Waals surface area contributed by atoms with Crippen LogP contribution in [0.5, 0.6) is 0 Å². The molecule has 2 aliphatic rings. The van der Waals surface area contributed by atoms with Crippen molar-refractivity contribution in [1.82, 2.24) is 14.5 Å². The predicted molar refractivity (Wildman–Crippen MR) is 122 cm³/mol. The first-order valence-corrected chi connectivity index (χ1v) is 12.5. The molecule has 32 heavy (non-hydrogen) atoms. The van der Waals surface area contributed by atoms with Crippen LogP contribution in [0, 0.1) is 0 Å². The molecule has 8 heteroatoms. The molecule has 7 nitrogen and oxygen atoms in total. The fourth-order valence-corrected chi connectivity index (χ4v) is 6.29. The van der Waals surface area contributed by atoms with E-state index in [1.807, 2.05) is 41.7 Å². The highest BCUT2D eigenvalue weighted by Gasteiger charge is 2.30. The zero-order valence-corrected chi connectivity index (χ0v) is 18.6. The Labute approximate surface area is 188 Å². The Morgan fingerprint density at radius 1 is 1.00 bits per heavy atom. The molecule has 0 aliphatic carbocycles. The number of imidazole rings is 1. The number of piperidine rings is 1. The van der Waals surface area contributed by atoms with Crippen molar-refractivity contribution in [2.75, 3.05) is 23.9 Å². The number of aromatic nitrogens is 2. The van der Waals surface area contributed by atoms with E-state index in [9.17, 15) is 13.2 Å². The lowest BCUT2D eigenvalue weighted by molar-refractivity contribution is 0.0694. The third-order valence-electron chi connectivity index (χ3n) is 6.43. The molecule has 1 amide bonds. The number of para-hydroxylation sites is 1. The van der Waals surface area contributed by atoms with Crippen molar-refractivity contribution in [3.05, 3.63) is 78.4 Å². The summed E-state index contributed by atoms with van der Waals surface area (Å²) >= 11 is 0. The molecule has 2 aliphatic heterocycles. The normalized spacial score (nSPS) is 17.2. The van der Waals surface area contributed by atoms with Crippen LogP contribution < -0.4 is 4.31 Å². The second-order valence-corrected chi connectivity index (χ2v) is 10.2. The van der Waals surface area contributed by atoms with Gasteiger partial charge in [-0.3, -0.25) is 9.10 Å². The van der Waals surface area contributed by atoms with Crippen molar-refractivity contribution in [3.63, 3.8) is 0 Å². The maximum atomic E-state index is 13.5. The monoisotopic (exact) mass is 450 g/mol. The number of anilines is 1. The van der Waals surface area contributed by atoms with E-state index in [1.165, 1.54) is 10.4 Å². The first-order chi connectivity index (χ1) is 15.5. The summed E-state index contributed by atoms with van der Waals surface area (Å²) in [6.07, 6.45) is 8.89. The number of hydrogen-bond donors (Lipinski definition) is 0. The number of amides is 1. The zero-order valence-electron chi connectivity index (χ0n) is 17.8.